The number of pyridine rings is 2. The number of hydrogen-bond donors (Lipinski definition) is 2. The molecule has 2 heterocycles. The molecule has 0 atom stereocenters. The molecule has 134 valence electrons. The molecule has 0 saturated carbocycles. The van der Waals surface area contributed by atoms with Gasteiger partial charge in [-0.15, -0.1) is 0 Å². The van der Waals surface area contributed by atoms with Crippen LogP contribution in [0.3, 0.4) is 0 Å². The van der Waals surface area contributed by atoms with Crippen LogP contribution in [0.5, 0.6) is 0 Å². The second-order valence-electron chi connectivity index (χ2n) is 4.81. The van der Waals surface area contributed by atoms with E-state index in [1.54, 1.807) is 35.3 Å². The van der Waals surface area contributed by atoms with Crippen molar-refractivity contribution in [2.45, 2.75) is 13.1 Å². The fourth-order valence-corrected chi connectivity index (χ4v) is 1.94. The van der Waals surface area contributed by atoms with Crippen LogP contribution in [0.15, 0.2) is 60.3 Å². The molecule has 0 aromatic carbocycles. The lowest BCUT2D eigenvalue weighted by atomic mass is 10.2. The molecule has 0 unspecified atom stereocenters. The first-order chi connectivity index (χ1) is 11.1. The van der Waals surface area contributed by atoms with Gasteiger partial charge in [-0.1, -0.05) is 5.16 Å². The van der Waals surface area contributed by atoms with E-state index in [0.717, 1.165) is 6.21 Å². The Labute approximate surface area is 165 Å². The summed E-state index contributed by atoms with van der Waals surface area (Å²) in [6.07, 6.45) is 11.4. The van der Waals surface area contributed by atoms with Crippen molar-refractivity contribution in [2.24, 2.45) is 10.9 Å². The Morgan fingerprint density at radius 1 is 1.12 bits per heavy atom. The second kappa shape index (κ2) is 11.4. The van der Waals surface area contributed by atoms with E-state index in [0.29, 0.717) is 18.7 Å². The Morgan fingerprint density at radius 2 is 1.68 bits per heavy atom. The average Bonchev–Trinajstić information content (AvgIpc) is 2.54. The number of hydrogen-bond acceptors (Lipinski definition) is 3. The Balaban J connectivity index is 0.00000288. The molecule has 2 aromatic rings. The highest BCUT2D eigenvalue weighted by molar-refractivity contribution is 5.92. The first kappa shape index (κ1) is 22.9. The zero-order valence-corrected chi connectivity index (χ0v) is 16.3. The van der Waals surface area contributed by atoms with E-state index in [2.05, 4.69) is 5.16 Å². The van der Waals surface area contributed by atoms with Gasteiger partial charge in [0.2, 0.25) is 12.1 Å². The predicted octanol–water partition coefficient (Wildman–Crippen LogP) is -5.43. The summed E-state index contributed by atoms with van der Waals surface area (Å²) >= 11 is 0. The lowest BCUT2D eigenvalue weighted by Gasteiger charge is -1.96. The average molecular weight is 476 g/mol. The SMILES string of the molecule is NC(=O)c1cc[n+](CC=CC[n+]2ccc(/C=N/O)c(F)c2)cc1.[Br-].[Br-]. The zero-order valence-electron chi connectivity index (χ0n) is 13.1. The van der Waals surface area contributed by atoms with Crippen LogP contribution >= 0.6 is 0 Å². The smallest absolute Gasteiger partial charge is 0.249 e. The van der Waals surface area contributed by atoms with Crippen LogP contribution < -0.4 is 48.8 Å². The fourth-order valence-electron chi connectivity index (χ4n) is 1.94. The van der Waals surface area contributed by atoms with Crippen LogP contribution in [0.2, 0.25) is 0 Å². The van der Waals surface area contributed by atoms with Gasteiger partial charge >= 0.3 is 0 Å². The van der Waals surface area contributed by atoms with E-state index in [1.807, 2.05) is 16.7 Å². The topological polar surface area (TPSA) is 83.4 Å². The molecule has 1 amide bonds. The molecular weight excluding hydrogens is 459 g/mol. The van der Waals surface area contributed by atoms with Gasteiger partial charge in [0.1, 0.15) is 0 Å². The maximum Gasteiger partial charge on any atom is 0.249 e. The summed E-state index contributed by atoms with van der Waals surface area (Å²) in [5, 5.41) is 11.2. The number of nitrogens with zero attached hydrogens (tertiary/aromatic N) is 3. The normalized spacial score (nSPS) is 10.4. The summed E-state index contributed by atoms with van der Waals surface area (Å²) in [5.41, 5.74) is 5.86. The number of carbonyl (C=O) groups excluding carboxylic acids is 1. The Bertz CT molecular complexity index is 752. The number of amides is 1. The van der Waals surface area contributed by atoms with Gasteiger partial charge in [0.05, 0.1) is 11.8 Å². The first-order valence-electron chi connectivity index (χ1n) is 6.90. The highest BCUT2D eigenvalue weighted by atomic mass is 79.9. The van der Waals surface area contributed by atoms with Crippen molar-refractivity contribution in [3.05, 3.63) is 72.1 Å². The molecule has 0 aliphatic rings. The van der Waals surface area contributed by atoms with Crippen LogP contribution in [0.4, 0.5) is 4.39 Å². The number of allylic oxidation sites excluding steroid dienone is 2. The minimum Gasteiger partial charge on any atom is -1.00 e. The third-order valence-corrected chi connectivity index (χ3v) is 3.17. The molecule has 9 heteroatoms. The van der Waals surface area contributed by atoms with E-state index in [1.165, 1.54) is 12.3 Å². The minimum atomic E-state index is -0.463. The van der Waals surface area contributed by atoms with Gasteiger partial charge in [0.15, 0.2) is 37.5 Å². The highest BCUT2D eigenvalue weighted by Crippen LogP contribution is 1.99. The van der Waals surface area contributed by atoms with Gasteiger partial charge in [-0.3, -0.25) is 4.79 Å². The van der Waals surface area contributed by atoms with Crippen molar-refractivity contribution in [2.75, 3.05) is 0 Å². The third kappa shape index (κ3) is 7.10. The molecule has 2 aromatic heterocycles. The number of aromatic nitrogens is 2. The number of halogens is 3. The van der Waals surface area contributed by atoms with Crippen molar-refractivity contribution < 1.29 is 57.5 Å². The number of primary amides is 1. The van der Waals surface area contributed by atoms with Crippen molar-refractivity contribution >= 4 is 12.1 Å². The fraction of sp³-hybridized carbons (Fsp3) is 0.125. The molecule has 25 heavy (non-hydrogen) atoms. The molecule has 2 rings (SSSR count). The van der Waals surface area contributed by atoms with Gasteiger partial charge in [0.25, 0.3) is 0 Å². The monoisotopic (exact) mass is 474 g/mol. The maximum absolute atomic E-state index is 13.6. The minimum absolute atomic E-state index is 0. The Hall–Kier alpha value is -2.13. The zero-order chi connectivity index (χ0) is 16.7. The summed E-state index contributed by atoms with van der Waals surface area (Å²) in [4.78, 5) is 11.0. The summed E-state index contributed by atoms with van der Waals surface area (Å²) in [7, 11) is 0. The number of rotatable bonds is 6. The molecule has 0 saturated heterocycles. The van der Waals surface area contributed by atoms with Crippen molar-refractivity contribution in [3.63, 3.8) is 0 Å². The molecule has 0 radical (unpaired) electrons. The Morgan fingerprint density at radius 3 is 2.20 bits per heavy atom. The first-order valence-corrected chi connectivity index (χ1v) is 6.90. The molecule has 3 N–H and O–H groups in total. The molecule has 0 aliphatic heterocycles. The largest absolute Gasteiger partial charge is 1.00 e. The van der Waals surface area contributed by atoms with Gasteiger partial charge in [-0.05, 0) is 12.2 Å². The van der Waals surface area contributed by atoms with Crippen molar-refractivity contribution in [1.29, 1.82) is 0 Å². The Kier molecular flexibility index (Phi) is 10.5. The van der Waals surface area contributed by atoms with E-state index in [4.69, 9.17) is 10.9 Å². The van der Waals surface area contributed by atoms with Crippen LogP contribution in [0.1, 0.15) is 15.9 Å². The van der Waals surface area contributed by atoms with Crippen LogP contribution in [-0.2, 0) is 13.1 Å². The molecule has 6 nitrogen and oxygen atoms in total. The van der Waals surface area contributed by atoms with Gasteiger partial charge in [0, 0.05) is 23.8 Å². The summed E-state index contributed by atoms with van der Waals surface area (Å²) < 4.78 is 17.2. The predicted molar refractivity (Wildman–Crippen MR) is 80.3 cm³/mol. The molecule has 0 aliphatic carbocycles. The van der Waals surface area contributed by atoms with Gasteiger partial charge in [-0.25, -0.2) is 4.57 Å². The quantitative estimate of drug-likeness (QED) is 0.144. The number of oxime groups is 1. The highest BCUT2D eigenvalue weighted by Gasteiger charge is 2.07. The lowest BCUT2D eigenvalue weighted by Crippen LogP contribution is -3.00. The molecule has 0 fully saturated rings. The second-order valence-corrected chi connectivity index (χ2v) is 4.81. The maximum atomic E-state index is 13.6. The molecule has 0 spiro atoms. The molecular formula is C16H17Br2FN4O2. The van der Waals surface area contributed by atoms with Gasteiger partial charge in [-0.2, -0.15) is 8.96 Å². The van der Waals surface area contributed by atoms with Gasteiger partial charge < -0.3 is 44.9 Å². The summed E-state index contributed by atoms with van der Waals surface area (Å²) in [6, 6.07) is 4.84. The van der Waals surface area contributed by atoms with E-state index < -0.39 is 11.7 Å². The van der Waals surface area contributed by atoms with E-state index >= 15 is 0 Å². The van der Waals surface area contributed by atoms with Crippen molar-refractivity contribution in [1.82, 2.24) is 0 Å². The number of carbonyl (C=O) groups is 1. The summed E-state index contributed by atoms with van der Waals surface area (Å²) in [6.45, 7) is 1.13. The van der Waals surface area contributed by atoms with Crippen LogP contribution in [-0.4, -0.2) is 17.3 Å². The summed E-state index contributed by atoms with van der Waals surface area (Å²) in [5.74, 6) is -0.920. The number of nitrogens with two attached hydrogens (primary N) is 1. The van der Waals surface area contributed by atoms with E-state index in [-0.39, 0.29) is 39.5 Å². The molecule has 0 bridgehead atoms. The van der Waals surface area contributed by atoms with Crippen LogP contribution in [0, 0.1) is 5.82 Å². The van der Waals surface area contributed by atoms with E-state index in [9.17, 15) is 9.18 Å². The van der Waals surface area contributed by atoms with Crippen LogP contribution in [0.25, 0.3) is 0 Å². The van der Waals surface area contributed by atoms with Crippen molar-refractivity contribution in [3.8, 4) is 0 Å². The standard InChI is InChI=1S/C16H15FN4O2.2BrH/c17-15-12-21(10-5-14(15)11-19-23)7-2-1-6-20-8-3-13(4-9-20)16(18)22;;/h1-5,8-12H,6-7H2,(H-,18,22);2*1H. The third-order valence-electron chi connectivity index (χ3n) is 3.17. The lowest BCUT2D eigenvalue weighted by molar-refractivity contribution is -0.691.